The Morgan fingerprint density at radius 3 is 2.71 bits per heavy atom. The summed E-state index contributed by atoms with van der Waals surface area (Å²) in [6.45, 7) is 1.45. The van der Waals surface area contributed by atoms with Gasteiger partial charge in [-0.25, -0.2) is 9.97 Å². The molecular formula is C8H12BrN3O2. The summed E-state index contributed by atoms with van der Waals surface area (Å²) >= 11 is 3.16. The molecule has 0 aromatic carbocycles. The van der Waals surface area contributed by atoms with E-state index in [2.05, 4.69) is 31.2 Å². The van der Waals surface area contributed by atoms with Crippen molar-refractivity contribution in [3.8, 4) is 0 Å². The molecule has 0 aliphatic rings. The molecule has 1 heterocycles. The van der Waals surface area contributed by atoms with Gasteiger partial charge in [0.05, 0.1) is 19.0 Å². The standard InChI is InChI=1S/C8H12BrN3O2/c1-8(14,5-13)4-12-7-3-10-6(9)2-11-7/h2-3,13-14H,4-5H2,1H3,(H,11,12). The van der Waals surface area contributed by atoms with Gasteiger partial charge < -0.3 is 15.5 Å². The van der Waals surface area contributed by atoms with E-state index in [0.29, 0.717) is 10.4 Å². The summed E-state index contributed by atoms with van der Waals surface area (Å²) in [7, 11) is 0. The smallest absolute Gasteiger partial charge is 0.144 e. The van der Waals surface area contributed by atoms with Crippen LogP contribution >= 0.6 is 15.9 Å². The van der Waals surface area contributed by atoms with Crippen LogP contribution in [0.1, 0.15) is 6.92 Å². The van der Waals surface area contributed by atoms with Crippen LogP contribution in [0.15, 0.2) is 17.0 Å². The topological polar surface area (TPSA) is 78.3 Å². The summed E-state index contributed by atoms with van der Waals surface area (Å²) in [5.41, 5.74) is -1.14. The normalized spacial score (nSPS) is 14.9. The van der Waals surface area contributed by atoms with Gasteiger partial charge in [0.1, 0.15) is 16.0 Å². The monoisotopic (exact) mass is 261 g/mol. The Hall–Kier alpha value is -0.720. The van der Waals surface area contributed by atoms with Gasteiger partial charge >= 0.3 is 0 Å². The van der Waals surface area contributed by atoms with Crippen LogP contribution in [0.25, 0.3) is 0 Å². The molecule has 78 valence electrons. The van der Waals surface area contributed by atoms with E-state index >= 15 is 0 Å². The van der Waals surface area contributed by atoms with E-state index in [1.165, 1.54) is 13.1 Å². The highest BCUT2D eigenvalue weighted by Gasteiger charge is 2.18. The molecule has 1 rings (SSSR count). The Kier molecular flexibility index (Phi) is 3.79. The number of rotatable bonds is 4. The van der Waals surface area contributed by atoms with Gasteiger partial charge in [-0.05, 0) is 22.9 Å². The van der Waals surface area contributed by atoms with Crippen molar-refractivity contribution in [2.75, 3.05) is 18.5 Å². The van der Waals surface area contributed by atoms with Gasteiger partial charge in [0.2, 0.25) is 0 Å². The number of nitrogens with zero attached hydrogens (tertiary/aromatic N) is 2. The third kappa shape index (κ3) is 3.57. The quantitative estimate of drug-likeness (QED) is 0.731. The van der Waals surface area contributed by atoms with Crippen molar-refractivity contribution in [1.29, 1.82) is 0 Å². The predicted molar refractivity (Wildman–Crippen MR) is 55.9 cm³/mol. The van der Waals surface area contributed by atoms with E-state index < -0.39 is 5.60 Å². The fourth-order valence-electron chi connectivity index (χ4n) is 0.740. The number of nitrogens with one attached hydrogen (secondary N) is 1. The molecule has 3 N–H and O–H groups in total. The highest BCUT2D eigenvalue weighted by atomic mass is 79.9. The van der Waals surface area contributed by atoms with Crippen molar-refractivity contribution in [3.63, 3.8) is 0 Å². The molecule has 1 atom stereocenters. The second-order valence-electron chi connectivity index (χ2n) is 3.23. The lowest BCUT2D eigenvalue weighted by molar-refractivity contribution is 0.0131. The first kappa shape index (κ1) is 11.4. The van der Waals surface area contributed by atoms with Crippen molar-refractivity contribution < 1.29 is 10.2 Å². The minimum Gasteiger partial charge on any atom is -0.393 e. The van der Waals surface area contributed by atoms with Crippen molar-refractivity contribution in [3.05, 3.63) is 17.0 Å². The van der Waals surface area contributed by atoms with E-state index in [9.17, 15) is 5.11 Å². The molecule has 0 aliphatic carbocycles. The number of aliphatic hydroxyl groups excluding tert-OH is 1. The first-order valence-electron chi connectivity index (χ1n) is 4.08. The SMILES string of the molecule is CC(O)(CO)CNc1cnc(Br)cn1. The molecular weight excluding hydrogens is 250 g/mol. The number of hydrogen-bond donors (Lipinski definition) is 3. The molecule has 1 aromatic rings. The Balaban J connectivity index is 2.50. The van der Waals surface area contributed by atoms with Crippen LogP contribution < -0.4 is 5.32 Å². The van der Waals surface area contributed by atoms with E-state index in [-0.39, 0.29) is 13.2 Å². The summed E-state index contributed by atoms with van der Waals surface area (Å²) in [5.74, 6) is 0.557. The first-order chi connectivity index (χ1) is 6.53. The molecule has 14 heavy (non-hydrogen) atoms. The van der Waals surface area contributed by atoms with E-state index in [1.54, 1.807) is 6.20 Å². The summed E-state index contributed by atoms with van der Waals surface area (Å²) in [6, 6.07) is 0. The summed E-state index contributed by atoms with van der Waals surface area (Å²) in [6.07, 6.45) is 3.09. The second-order valence-corrected chi connectivity index (χ2v) is 4.05. The largest absolute Gasteiger partial charge is 0.393 e. The van der Waals surface area contributed by atoms with Crippen LogP contribution in [-0.2, 0) is 0 Å². The highest BCUT2D eigenvalue weighted by Crippen LogP contribution is 2.08. The maximum atomic E-state index is 9.47. The Morgan fingerprint density at radius 2 is 2.21 bits per heavy atom. The molecule has 0 bridgehead atoms. The molecule has 0 saturated heterocycles. The first-order valence-corrected chi connectivity index (χ1v) is 4.87. The van der Waals surface area contributed by atoms with Gasteiger partial charge in [-0.2, -0.15) is 0 Å². The van der Waals surface area contributed by atoms with E-state index in [4.69, 9.17) is 5.11 Å². The van der Waals surface area contributed by atoms with Crippen LogP contribution in [-0.4, -0.2) is 38.9 Å². The van der Waals surface area contributed by atoms with Crippen molar-refractivity contribution in [2.45, 2.75) is 12.5 Å². The van der Waals surface area contributed by atoms with Crippen LogP contribution in [0.4, 0.5) is 5.82 Å². The average molecular weight is 262 g/mol. The zero-order valence-electron chi connectivity index (χ0n) is 7.74. The number of halogens is 1. The van der Waals surface area contributed by atoms with Crippen molar-refractivity contribution in [1.82, 2.24) is 9.97 Å². The zero-order valence-corrected chi connectivity index (χ0v) is 9.32. The Bertz CT molecular complexity index is 289. The van der Waals surface area contributed by atoms with Crippen LogP contribution in [0.5, 0.6) is 0 Å². The number of aromatic nitrogens is 2. The minimum atomic E-state index is -1.14. The molecule has 6 heteroatoms. The van der Waals surface area contributed by atoms with Crippen molar-refractivity contribution in [2.24, 2.45) is 0 Å². The Labute approximate surface area is 90.3 Å². The van der Waals surface area contributed by atoms with Gasteiger partial charge in [0, 0.05) is 6.54 Å². The summed E-state index contributed by atoms with van der Waals surface area (Å²) in [5, 5.41) is 21.1. The molecule has 5 nitrogen and oxygen atoms in total. The lowest BCUT2D eigenvalue weighted by Gasteiger charge is -2.20. The van der Waals surface area contributed by atoms with Gasteiger partial charge in [-0.15, -0.1) is 0 Å². The average Bonchev–Trinajstić information content (AvgIpc) is 2.17. The predicted octanol–water partition coefficient (Wildman–Crippen LogP) is 0.394. The molecule has 0 radical (unpaired) electrons. The molecule has 1 unspecified atom stereocenters. The maximum Gasteiger partial charge on any atom is 0.144 e. The number of hydrogen-bond acceptors (Lipinski definition) is 5. The fourth-order valence-corrected chi connectivity index (χ4v) is 0.945. The van der Waals surface area contributed by atoms with Gasteiger partial charge in [0.15, 0.2) is 0 Å². The summed E-state index contributed by atoms with van der Waals surface area (Å²) < 4.78 is 0.650. The molecule has 1 aromatic heterocycles. The zero-order chi connectivity index (χ0) is 10.6. The second kappa shape index (κ2) is 4.68. The van der Waals surface area contributed by atoms with Crippen LogP contribution in [0, 0.1) is 0 Å². The maximum absolute atomic E-state index is 9.47. The molecule has 0 spiro atoms. The molecule has 0 fully saturated rings. The van der Waals surface area contributed by atoms with E-state index in [0.717, 1.165) is 0 Å². The third-order valence-electron chi connectivity index (χ3n) is 1.61. The molecule has 0 saturated carbocycles. The minimum absolute atomic E-state index is 0.222. The van der Waals surface area contributed by atoms with Crippen LogP contribution in [0.2, 0.25) is 0 Å². The van der Waals surface area contributed by atoms with Gasteiger partial charge in [0.25, 0.3) is 0 Å². The number of anilines is 1. The lowest BCUT2D eigenvalue weighted by Crippen LogP contribution is -2.37. The molecule has 0 amide bonds. The third-order valence-corrected chi connectivity index (χ3v) is 2.02. The summed E-state index contributed by atoms with van der Waals surface area (Å²) in [4.78, 5) is 7.96. The highest BCUT2D eigenvalue weighted by molar-refractivity contribution is 9.10. The van der Waals surface area contributed by atoms with Crippen LogP contribution in [0.3, 0.4) is 0 Å². The van der Waals surface area contributed by atoms with Gasteiger partial charge in [-0.3, -0.25) is 0 Å². The van der Waals surface area contributed by atoms with E-state index in [1.807, 2.05) is 0 Å². The fraction of sp³-hybridized carbons (Fsp3) is 0.500. The van der Waals surface area contributed by atoms with Crippen molar-refractivity contribution >= 4 is 21.7 Å². The number of aliphatic hydroxyl groups is 2. The Morgan fingerprint density at radius 1 is 1.50 bits per heavy atom. The van der Waals surface area contributed by atoms with Gasteiger partial charge in [-0.1, -0.05) is 0 Å². The molecule has 0 aliphatic heterocycles. The lowest BCUT2D eigenvalue weighted by atomic mass is 10.1.